The summed E-state index contributed by atoms with van der Waals surface area (Å²) in [5.41, 5.74) is 0. The third-order valence-electron chi connectivity index (χ3n) is 0.258. The van der Waals surface area contributed by atoms with Crippen LogP contribution in [0.25, 0.3) is 0 Å². The van der Waals surface area contributed by atoms with Crippen molar-refractivity contribution in [1.29, 1.82) is 0 Å². The zero-order valence-corrected chi connectivity index (χ0v) is 4.16. The number of alkyl halides is 1. The van der Waals surface area contributed by atoms with E-state index in [1.54, 1.807) is 0 Å². The van der Waals surface area contributed by atoms with Crippen LogP contribution in [0, 0.1) is 0 Å². The van der Waals surface area contributed by atoms with Crippen LogP contribution < -0.4 is 0 Å². The first-order valence-corrected chi connectivity index (χ1v) is 2.00. The Kier molecular flexibility index (Phi) is 10.0. The predicted octanol–water partition coefficient (Wildman–Crippen LogP) is -0.438. The fourth-order valence-electron chi connectivity index (χ4n) is 0.0768. The van der Waals surface area contributed by atoms with Gasteiger partial charge >= 0.3 is 31.8 Å². The molecule has 4 heteroatoms. The Morgan fingerprint density at radius 2 is 2.29 bits per heavy atom. The van der Waals surface area contributed by atoms with Gasteiger partial charge in [0.1, 0.15) is 0 Å². The summed E-state index contributed by atoms with van der Waals surface area (Å²) in [5, 5.41) is 0. The van der Waals surface area contributed by atoms with Crippen molar-refractivity contribution in [2.24, 2.45) is 0 Å². The molecule has 42 valence electrons. The quantitative estimate of drug-likeness (QED) is 0.448. The van der Waals surface area contributed by atoms with E-state index in [1.807, 2.05) is 0 Å². The van der Waals surface area contributed by atoms with E-state index in [9.17, 15) is 4.79 Å². The molecule has 2 nitrogen and oxygen atoms in total. The molecule has 0 aromatic heterocycles. The van der Waals surface area contributed by atoms with E-state index in [4.69, 9.17) is 11.6 Å². The molecule has 0 atom stereocenters. The van der Waals surface area contributed by atoms with Crippen molar-refractivity contribution in [2.75, 3.05) is 6.07 Å². The third-order valence-corrected chi connectivity index (χ3v) is 0.367. The van der Waals surface area contributed by atoms with E-state index in [-0.39, 0.29) is 37.9 Å². The summed E-state index contributed by atoms with van der Waals surface area (Å²) in [5.74, 6) is -0.343. The van der Waals surface area contributed by atoms with Gasteiger partial charge in [-0.25, -0.2) is 0 Å². The van der Waals surface area contributed by atoms with Crippen molar-refractivity contribution in [3.8, 4) is 0 Å². The second kappa shape index (κ2) is 6.63. The van der Waals surface area contributed by atoms with E-state index in [2.05, 4.69) is 4.74 Å². The van der Waals surface area contributed by atoms with Crippen molar-refractivity contribution in [3.63, 3.8) is 0 Å². The molecule has 0 saturated carbocycles. The topological polar surface area (TPSA) is 26.3 Å². The molecule has 0 heterocycles. The van der Waals surface area contributed by atoms with Gasteiger partial charge in [0.25, 0.3) is 0 Å². The number of rotatable bonds is 1. The number of carbonyl (C=O) groups excluding carboxylic acids is 1. The summed E-state index contributed by atoms with van der Waals surface area (Å²) in [6.45, 7) is 1.31. The van der Waals surface area contributed by atoms with E-state index in [1.165, 1.54) is 6.92 Å². The molecule has 0 aromatic carbocycles. The van der Waals surface area contributed by atoms with Gasteiger partial charge in [-0.3, -0.25) is 4.79 Å². The standard InChI is InChI=1S/C3H5ClO2.In.3H/c1-3(5)6-2-4;;;;/h2H2,1H3;;;;. The van der Waals surface area contributed by atoms with Crippen molar-refractivity contribution < 1.29 is 9.53 Å². The molecule has 7 heavy (non-hydrogen) atoms. The molecule has 0 rings (SSSR count). The Labute approximate surface area is 66.0 Å². The maximum atomic E-state index is 9.74. The summed E-state index contributed by atoms with van der Waals surface area (Å²) in [6, 6.07) is -0.0463. The van der Waals surface area contributed by atoms with Gasteiger partial charge in [-0.1, -0.05) is 11.6 Å². The number of carbonyl (C=O) groups is 1. The minimum absolute atomic E-state index is 0. The molecule has 0 amide bonds. The molecule has 0 aliphatic rings. The van der Waals surface area contributed by atoms with E-state index >= 15 is 0 Å². The number of hydrogen-bond donors (Lipinski definition) is 0. The molecule has 0 aliphatic carbocycles. The molecule has 0 saturated heterocycles. The summed E-state index contributed by atoms with van der Waals surface area (Å²) in [6.07, 6.45) is 0. The van der Waals surface area contributed by atoms with Gasteiger partial charge < -0.3 is 4.74 Å². The average molecular weight is 226 g/mol. The molecule has 0 N–H and O–H groups in total. The van der Waals surface area contributed by atoms with Crippen LogP contribution >= 0.6 is 11.6 Å². The molecular weight excluding hydrogens is 218 g/mol. The Morgan fingerprint density at radius 1 is 1.86 bits per heavy atom. The number of ether oxygens (including phenoxy) is 1. The van der Waals surface area contributed by atoms with Crippen LogP contribution in [0.15, 0.2) is 0 Å². The Balaban J connectivity index is 0. The summed E-state index contributed by atoms with van der Waals surface area (Å²) in [7, 11) is 0. The second-order valence-corrected chi connectivity index (χ2v) is 0.963. The van der Waals surface area contributed by atoms with Crippen LogP contribution in [0.3, 0.4) is 0 Å². The van der Waals surface area contributed by atoms with Crippen LogP contribution in [0.5, 0.6) is 0 Å². The van der Waals surface area contributed by atoms with Gasteiger partial charge in [0.15, 0.2) is 6.07 Å². The van der Waals surface area contributed by atoms with Gasteiger partial charge in [-0.05, 0) is 0 Å². The van der Waals surface area contributed by atoms with Crippen LogP contribution in [0.1, 0.15) is 6.92 Å². The van der Waals surface area contributed by atoms with Crippen molar-refractivity contribution in [3.05, 3.63) is 0 Å². The average Bonchev–Trinajstić information content (AvgIpc) is 1.35. The molecule has 0 unspecified atom stereocenters. The van der Waals surface area contributed by atoms with Gasteiger partial charge in [0, 0.05) is 6.92 Å². The normalized spacial score (nSPS) is 6.57. The van der Waals surface area contributed by atoms with Gasteiger partial charge in [-0.2, -0.15) is 0 Å². The van der Waals surface area contributed by atoms with Crippen LogP contribution in [-0.4, -0.2) is 37.9 Å². The minimum atomic E-state index is -0.343. The SMILES string of the molecule is CC(=O)OCCl.[InH3]. The van der Waals surface area contributed by atoms with E-state index in [0.29, 0.717) is 0 Å². The zero-order valence-electron chi connectivity index (χ0n) is 3.40. The molecule has 0 spiro atoms. The van der Waals surface area contributed by atoms with E-state index < -0.39 is 0 Å². The molecular formula is C3H8ClInO2. The second-order valence-electron chi connectivity index (χ2n) is 0.745. The Bertz CT molecular complexity index is 56.9. The zero-order chi connectivity index (χ0) is 4.99. The molecule has 0 aliphatic heterocycles. The first kappa shape index (κ1) is 10.6. The van der Waals surface area contributed by atoms with Crippen LogP contribution in [0.2, 0.25) is 0 Å². The van der Waals surface area contributed by atoms with Crippen LogP contribution in [0.4, 0.5) is 0 Å². The van der Waals surface area contributed by atoms with Crippen LogP contribution in [-0.2, 0) is 9.53 Å². The first-order valence-electron chi connectivity index (χ1n) is 1.46. The Hall–Kier alpha value is 0.630. The molecule has 0 aromatic rings. The Morgan fingerprint density at radius 3 is 2.29 bits per heavy atom. The summed E-state index contributed by atoms with van der Waals surface area (Å²) >= 11 is 4.95. The van der Waals surface area contributed by atoms with Gasteiger partial charge in [-0.15, -0.1) is 0 Å². The summed E-state index contributed by atoms with van der Waals surface area (Å²) < 4.78 is 4.17. The third kappa shape index (κ3) is 10.8. The number of hydrogen-bond acceptors (Lipinski definition) is 2. The van der Waals surface area contributed by atoms with Crippen molar-refractivity contribution in [2.45, 2.75) is 6.92 Å². The predicted molar refractivity (Wildman–Crippen MR) is 32.4 cm³/mol. The molecule has 0 radical (unpaired) electrons. The molecule has 0 bridgehead atoms. The number of esters is 1. The number of halogens is 1. The monoisotopic (exact) mass is 226 g/mol. The molecule has 0 fully saturated rings. The van der Waals surface area contributed by atoms with E-state index in [0.717, 1.165) is 0 Å². The maximum absolute atomic E-state index is 9.74. The fourth-order valence-corrected chi connectivity index (χ4v) is 0.230. The van der Waals surface area contributed by atoms with Gasteiger partial charge in [0.05, 0.1) is 0 Å². The summed E-state index contributed by atoms with van der Waals surface area (Å²) in [4.78, 5) is 9.74. The van der Waals surface area contributed by atoms with Crippen molar-refractivity contribution in [1.82, 2.24) is 0 Å². The van der Waals surface area contributed by atoms with Gasteiger partial charge in [0.2, 0.25) is 0 Å². The fraction of sp³-hybridized carbons (Fsp3) is 0.667. The first-order chi connectivity index (χ1) is 2.77. The van der Waals surface area contributed by atoms with Crippen molar-refractivity contribution >= 4 is 43.4 Å².